The van der Waals surface area contributed by atoms with E-state index in [1.54, 1.807) is 0 Å². The lowest BCUT2D eigenvalue weighted by Crippen LogP contribution is -2.35. The molecule has 0 atom stereocenters. The zero-order valence-corrected chi connectivity index (χ0v) is 14.1. The third-order valence-corrected chi connectivity index (χ3v) is 6.07. The van der Waals surface area contributed by atoms with Crippen LogP contribution in [0.25, 0.3) is 11.1 Å². The van der Waals surface area contributed by atoms with Gasteiger partial charge in [-0.3, -0.25) is 9.36 Å². The number of rotatable bonds is 4. The molecule has 1 aromatic heterocycles. The molecule has 9 heteroatoms. The lowest BCUT2D eigenvalue weighted by atomic mass is 10.2. The molecule has 130 valence electrons. The van der Waals surface area contributed by atoms with Crippen LogP contribution in [0.1, 0.15) is 19.3 Å². The molecule has 1 aliphatic heterocycles. The van der Waals surface area contributed by atoms with Gasteiger partial charge in [-0.25, -0.2) is 13.2 Å². The molecular formula is C15H19N3O5S. The first kappa shape index (κ1) is 16.7. The normalized spacial score (nSPS) is 16.4. The Hall–Kier alpha value is -2.13. The maximum absolute atomic E-state index is 12.7. The Balaban J connectivity index is 2.00. The van der Waals surface area contributed by atoms with E-state index in [0.29, 0.717) is 18.6 Å². The van der Waals surface area contributed by atoms with Gasteiger partial charge in [0.2, 0.25) is 15.9 Å². The summed E-state index contributed by atoms with van der Waals surface area (Å²) in [5.41, 5.74) is 0.545. The van der Waals surface area contributed by atoms with Gasteiger partial charge in [0.1, 0.15) is 6.54 Å². The second kappa shape index (κ2) is 6.40. The predicted octanol–water partition coefficient (Wildman–Crippen LogP) is 0.515. The Morgan fingerprint density at radius 1 is 1.25 bits per heavy atom. The van der Waals surface area contributed by atoms with Crippen LogP contribution < -0.4 is 11.1 Å². The number of aromatic nitrogens is 1. The van der Waals surface area contributed by atoms with Crippen LogP contribution in [-0.4, -0.2) is 43.3 Å². The van der Waals surface area contributed by atoms with Gasteiger partial charge < -0.3 is 9.73 Å². The predicted molar refractivity (Wildman–Crippen MR) is 87.2 cm³/mol. The number of sulfonamides is 1. The van der Waals surface area contributed by atoms with Gasteiger partial charge in [-0.2, -0.15) is 4.31 Å². The highest BCUT2D eigenvalue weighted by Crippen LogP contribution is 2.24. The highest BCUT2D eigenvalue weighted by molar-refractivity contribution is 7.89. The van der Waals surface area contributed by atoms with Gasteiger partial charge in [-0.15, -0.1) is 0 Å². The molecule has 24 heavy (non-hydrogen) atoms. The first-order chi connectivity index (χ1) is 11.4. The Morgan fingerprint density at radius 2 is 1.96 bits per heavy atom. The molecule has 2 aromatic rings. The van der Waals surface area contributed by atoms with Crippen molar-refractivity contribution in [2.75, 3.05) is 20.1 Å². The van der Waals surface area contributed by atoms with Gasteiger partial charge in [0.25, 0.3) is 0 Å². The van der Waals surface area contributed by atoms with Crippen LogP contribution in [0.3, 0.4) is 0 Å². The summed E-state index contributed by atoms with van der Waals surface area (Å²) in [6.07, 6.45) is 2.72. The number of hydrogen-bond donors (Lipinski definition) is 1. The van der Waals surface area contributed by atoms with Crippen LogP contribution in [0.5, 0.6) is 0 Å². The lowest BCUT2D eigenvalue weighted by molar-refractivity contribution is -0.121. The molecule has 0 bridgehead atoms. The van der Waals surface area contributed by atoms with Gasteiger partial charge in [0.15, 0.2) is 5.58 Å². The van der Waals surface area contributed by atoms with Crippen LogP contribution >= 0.6 is 0 Å². The van der Waals surface area contributed by atoms with Crippen molar-refractivity contribution in [3.8, 4) is 0 Å². The summed E-state index contributed by atoms with van der Waals surface area (Å²) in [7, 11) is -2.13. The number of carbonyl (C=O) groups excluding carboxylic acids is 1. The zero-order chi connectivity index (χ0) is 17.3. The van der Waals surface area contributed by atoms with E-state index in [4.69, 9.17) is 4.42 Å². The van der Waals surface area contributed by atoms with E-state index >= 15 is 0 Å². The number of hydrogen-bond acceptors (Lipinski definition) is 5. The van der Waals surface area contributed by atoms with Crippen LogP contribution in [0.15, 0.2) is 32.3 Å². The Morgan fingerprint density at radius 3 is 2.62 bits per heavy atom. The van der Waals surface area contributed by atoms with Gasteiger partial charge in [-0.05, 0) is 25.0 Å². The monoisotopic (exact) mass is 353 g/mol. The summed E-state index contributed by atoms with van der Waals surface area (Å²) < 4.78 is 33.1. The zero-order valence-electron chi connectivity index (χ0n) is 13.3. The summed E-state index contributed by atoms with van der Waals surface area (Å²) in [5.74, 6) is -1.04. The quantitative estimate of drug-likeness (QED) is 0.863. The van der Waals surface area contributed by atoms with Crippen LogP contribution in [0.4, 0.5) is 0 Å². The third-order valence-electron chi connectivity index (χ3n) is 4.17. The van der Waals surface area contributed by atoms with Crippen molar-refractivity contribution in [3.05, 3.63) is 28.7 Å². The first-order valence-corrected chi connectivity index (χ1v) is 9.21. The number of amides is 1. The molecule has 2 heterocycles. The molecule has 1 aromatic carbocycles. The van der Waals surface area contributed by atoms with E-state index in [2.05, 4.69) is 5.32 Å². The van der Waals surface area contributed by atoms with Gasteiger partial charge in [0.05, 0.1) is 10.4 Å². The van der Waals surface area contributed by atoms with Crippen molar-refractivity contribution >= 4 is 27.0 Å². The second-order valence-corrected chi connectivity index (χ2v) is 7.66. The van der Waals surface area contributed by atoms with Gasteiger partial charge in [-0.1, -0.05) is 6.42 Å². The molecule has 1 N–H and O–H groups in total. The number of benzene rings is 1. The molecule has 0 aliphatic carbocycles. The highest BCUT2D eigenvalue weighted by atomic mass is 32.2. The van der Waals surface area contributed by atoms with Crippen molar-refractivity contribution in [3.63, 3.8) is 0 Å². The van der Waals surface area contributed by atoms with Crippen molar-refractivity contribution < 1.29 is 17.6 Å². The molecule has 0 saturated carbocycles. The molecule has 1 amide bonds. The van der Waals surface area contributed by atoms with Crippen molar-refractivity contribution in [2.45, 2.75) is 30.7 Å². The minimum absolute atomic E-state index is 0.0951. The fraction of sp³-hybridized carbons (Fsp3) is 0.467. The Labute approximate surface area is 139 Å². The fourth-order valence-electron chi connectivity index (χ4n) is 2.83. The molecule has 1 saturated heterocycles. The summed E-state index contributed by atoms with van der Waals surface area (Å²) in [5, 5.41) is 2.43. The molecular weight excluding hydrogens is 334 g/mol. The third kappa shape index (κ3) is 2.96. The average molecular weight is 353 g/mol. The van der Waals surface area contributed by atoms with E-state index in [1.165, 1.54) is 34.1 Å². The largest absolute Gasteiger partial charge is 0.420 e. The molecule has 0 spiro atoms. The SMILES string of the molecule is CNC(=O)Cn1c(=O)oc2cc(S(=O)(=O)N3CCCCC3)ccc21. The van der Waals surface area contributed by atoms with Crippen molar-refractivity contribution in [1.82, 2.24) is 14.2 Å². The van der Waals surface area contributed by atoms with Crippen molar-refractivity contribution in [1.29, 1.82) is 0 Å². The van der Waals surface area contributed by atoms with E-state index in [-0.39, 0.29) is 22.9 Å². The number of oxazole rings is 1. The highest BCUT2D eigenvalue weighted by Gasteiger charge is 2.27. The molecule has 0 radical (unpaired) electrons. The standard InChI is InChI=1S/C15H19N3O5S/c1-16-14(19)10-18-12-6-5-11(9-13(12)23-15(18)20)24(21,22)17-7-3-2-4-8-17/h5-6,9H,2-4,7-8,10H2,1H3,(H,16,19). The number of nitrogens with one attached hydrogen (secondary N) is 1. The molecule has 1 fully saturated rings. The summed E-state index contributed by atoms with van der Waals surface area (Å²) in [6, 6.07) is 4.29. The topological polar surface area (TPSA) is 102 Å². The maximum atomic E-state index is 12.7. The maximum Gasteiger partial charge on any atom is 0.420 e. The van der Waals surface area contributed by atoms with Crippen LogP contribution in [0, 0.1) is 0 Å². The lowest BCUT2D eigenvalue weighted by Gasteiger charge is -2.25. The Kier molecular flexibility index (Phi) is 4.46. The van der Waals surface area contributed by atoms with Gasteiger partial charge >= 0.3 is 5.76 Å². The minimum atomic E-state index is -3.60. The first-order valence-electron chi connectivity index (χ1n) is 7.77. The minimum Gasteiger partial charge on any atom is -0.408 e. The van der Waals surface area contributed by atoms with Crippen LogP contribution in [0.2, 0.25) is 0 Å². The fourth-order valence-corrected chi connectivity index (χ4v) is 4.37. The molecule has 3 rings (SSSR count). The second-order valence-electron chi connectivity index (χ2n) is 5.72. The average Bonchev–Trinajstić information content (AvgIpc) is 2.90. The summed E-state index contributed by atoms with van der Waals surface area (Å²) in [6.45, 7) is 0.824. The van der Waals surface area contributed by atoms with E-state index in [0.717, 1.165) is 19.3 Å². The number of piperidine rings is 1. The molecule has 1 aliphatic rings. The summed E-state index contributed by atoms with van der Waals surface area (Å²) >= 11 is 0. The number of fused-ring (bicyclic) bond motifs is 1. The van der Waals surface area contributed by atoms with Crippen molar-refractivity contribution in [2.24, 2.45) is 0 Å². The number of nitrogens with zero attached hydrogens (tertiary/aromatic N) is 2. The Bertz CT molecular complexity index is 922. The molecule has 0 unspecified atom stereocenters. The van der Waals surface area contributed by atoms with Gasteiger partial charge in [0, 0.05) is 26.2 Å². The smallest absolute Gasteiger partial charge is 0.408 e. The van der Waals surface area contributed by atoms with E-state index in [1.807, 2.05) is 0 Å². The van der Waals surface area contributed by atoms with E-state index < -0.39 is 15.8 Å². The van der Waals surface area contributed by atoms with E-state index in [9.17, 15) is 18.0 Å². The van der Waals surface area contributed by atoms with Crippen LogP contribution in [-0.2, 0) is 21.4 Å². The number of likely N-dealkylation sites (N-methyl/N-ethyl adjacent to an activating group) is 1. The summed E-state index contributed by atoms with van der Waals surface area (Å²) in [4.78, 5) is 23.5. The molecule has 8 nitrogen and oxygen atoms in total. The number of carbonyl (C=O) groups is 1.